The zero-order valence-electron chi connectivity index (χ0n) is 27.3. The summed E-state index contributed by atoms with van der Waals surface area (Å²) in [4.78, 5) is 38.1. The molecular weight excluding hydrogens is 629 g/mol. The SMILES string of the molecule is COc1cc2c(Oc3ccc(NC(=O)c4nc5ccccc5n(C5CCCC5)c4=O)cc3F)ccnc2cc1OCCCN1CCOCC1. The summed E-state index contributed by atoms with van der Waals surface area (Å²) in [7, 11) is 1.56. The molecule has 12 heteroatoms. The van der Waals surface area contributed by atoms with Crippen LogP contribution in [0.15, 0.2) is 71.7 Å². The highest BCUT2D eigenvalue weighted by molar-refractivity contribution is 6.03. The minimum Gasteiger partial charge on any atom is -0.493 e. The number of nitrogens with zero attached hydrogens (tertiary/aromatic N) is 4. The van der Waals surface area contributed by atoms with Crippen LogP contribution in [0.2, 0.25) is 0 Å². The number of hydrogen-bond donors (Lipinski definition) is 1. The number of hydrogen-bond acceptors (Lipinski definition) is 9. The van der Waals surface area contributed by atoms with Crippen LogP contribution in [0.1, 0.15) is 48.6 Å². The van der Waals surface area contributed by atoms with Gasteiger partial charge in [0.1, 0.15) is 5.75 Å². The number of anilines is 1. The summed E-state index contributed by atoms with van der Waals surface area (Å²) in [5.74, 6) is -0.0361. The molecule has 0 bridgehead atoms. The van der Waals surface area contributed by atoms with Crippen LogP contribution in [0.4, 0.5) is 10.1 Å². The van der Waals surface area contributed by atoms with E-state index >= 15 is 4.39 Å². The summed E-state index contributed by atoms with van der Waals surface area (Å²) in [6.07, 6.45) is 6.21. The van der Waals surface area contributed by atoms with Crippen LogP contribution in [0, 0.1) is 5.82 Å². The molecule has 3 aromatic carbocycles. The van der Waals surface area contributed by atoms with Crippen LogP contribution < -0.4 is 25.1 Å². The van der Waals surface area contributed by atoms with E-state index in [2.05, 4.69) is 20.2 Å². The van der Waals surface area contributed by atoms with E-state index in [0.717, 1.165) is 71.0 Å². The maximum atomic E-state index is 15.4. The Labute approximate surface area is 282 Å². The van der Waals surface area contributed by atoms with Crippen LogP contribution in [0.5, 0.6) is 23.0 Å². The number of fused-ring (bicyclic) bond motifs is 2. The van der Waals surface area contributed by atoms with Crippen molar-refractivity contribution in [2.45, 2.75) is 38.1 Å². The first-order valence-electron chi connectivity index (χ1n) is 16.7. The van der Waals surface area contributed by atoms with Gasteiger partial charge in [0.05, 0.1) is 43.5 Å². The lowest BCUT2D eigenvalue weighted by Crippen LogP contribution is -2.37. The number of halogens is 1. The minimum atomic E-state index is -0.707. The van der Waals surface area contributed by atoms with Gasteiger partial charge in [0.25, 0.3) is 11.5 Å². The van der Waals surface area contributed by atoms with Gasteiger partial charge in [-0.15, -0.1) is 0 Å². The van der Waals surface area contributed by atoms with E-state index < -0.39 is 17.3 Å². The van der Waals surface area contributed by atoms with Crippen LogP contribution in [0.25, 0.3) is 21.9 Å². The summed E-state index contributed by atoms with van der Waals surface area (Å²) in [6, 6.07) is 16.6. The first-order valence-corrected chi connectivity index (χ1v) is 16.7. The van der Waals surface area contributed by atoms with Gasteiger partial charge in [-0.05, 0) is 55.7 Å². The fourth-order valence-electron chi connectivity index (χ4n) is 6.58. The number of amides is 1. The fourth-order valence-corrected chi connectivity index (χ4v) is 6.58. The van der Waals surface area contributed by atoms with Crippen LogP contribution in [0.3, 0.4) is 0 Å². The second-order valence-corrected chi connectivity index (χ2v) is 12.2. The Bertz CT molecular complexity index is 2040. The van der Waals surface area contributed by atoms with Crippen molar-refractivity contribution in [2.75, 3.05) is 51.9 Å². The number of morpholine rings is 1. The smallest absolute Gasteiger partial charge is 0.282 e. The molecule has 1 aliphatic heterocycles. The lowest BCUT2D eigenvalue weighted by molar-refractivity contribution is 0.0357. The number of carbonyl (C=O) groups excluding carboxylic acids is 1. The molecule has 0 unspecified atom stereocenters. The molecule has 1 saturated carbocycles. The van der Waals surface area contributed by atoms with Crippen molar-refractivity contribution in [3.8, 4) is 23.0 Å². The molecule has 49 heavy (non-hydrogen) atoms. The number of rotatable bonds is 11. The standard InChI is InChI=1S/C37H38FN5O6/c1-46-33-22-26-29(23-34(33)48-18-6-15-42-16-19-47-20-17-42)39-14-13-31(26)49-32-12-11-24(21-27(32)38)40-36(44)35-37(45)43(25-7-2-3-8-25)30-10-5-4-9-28(30)41-35/h4-5,9-14,21-23,25H,2-3,6-8,15-20H2,1H3,(H,40,44). The molecule has 2 aliphatic rings. The van der Waals surface area contributed by atoms with E-state index in [4.69, 9.17) is 18.9 Å². The van der Waals surface area contributed by atoms with E-state index in [-0.39, 0.29) is 23.2 Å². The molecule has 11 nitrogen and oxygen atoms in total. The predicted molar refractivity (Wildman–Crippen MR) is 184 cm³/mol. The number of pyridine rings is 1. The Hall–Kier alpha value is -5.07. The van der Waals surface area contributed by atoms with Crippen molar-refractivity contribution < 1.29 is 28.1 Å². The number of methoxy groups -OCH3 is 1. The van der Waals surface area contributed by atoms with Gasteiger partial charge in [-0.1, -0.05) is 25.0 Å². The lowest BCUT2D eigenvalue weighted by Gasteiger charge is -2.26. The molecule has 3 heterocycles. The molecular formula is C37H38FN5O6. The average Bonchev–Trinajstić information content (AvgIpc) is 3.66. The summed E-state index contributed by atoms with van der Waals surface area (Å²) in [5, 5.41) is 3.25. The number of ether oxygens (including phenoxy) is 4. The molecule has 1 aliphatic carbocycles. The van der Waals surface area contributed by atoms with Gasteiger partial charge in [-0.25, -0.2) is 9.37 Å². The third-order valence-corrected chi connectivity index (χ3v) is 9.08. The fraction of sp³-hybridized carbons (Fsp3) is 0.351. The van der Waals surface area contributed by atoms with Gasteiger partial charge in [0, 0.05) is 55.1 Å². The summed E-state index contributed by atoms with van der Waals surface area (Å²) < 4.78 is 40.2. The van der Waals surface area contributed by atoms with Crippen molar-refractivity contribution >= 4 is 33.5 Å². The third-order valence-electron chi connectivity index (χ3n) is 9.08. The Kier molecular flexibility index (Phi) is 9.67. The topological polar surface area (TPSA) is 117 Å². The van der Waals surface area contributed by atoms with Crippen molar-refractivity contribution in [1.82, 2.24) is 19.4 Å². The Morgan fingerprint density at radius 2 is 1.80 bits per heavy atom. The number of carbonyl (C=O) groups is 1. The van der Waals surface area contributed by atoms with E-state index in [9.17, 15) is 9.59 Å². The lowest BCUT2D eigenvalue weighted by atomic mass is 10.1. The molecule has 254 valence electrons. The normalized spacial score (nSPS) is 15.5. The Morgan fingerprint density at radius 3 is 2.59 bits per heavy atom. The van der Waals surface area contributed by atoms with Crippen molar-refractivity contribution in [2.24, 2.45) is 0 Å². The largest absolute Gasteiger partial charge is 0.493 e. The summed E-state index contributed by atoms with van der Waals surface area (Å²) in [6.45, 7) is 4.80. The first-order chi connectivity index (χ1) is 24.0. The molecule has 7 rings (SSSR count). The second kappa shape index (κ2) is 14.6. The van der Waals surface area contributed by atoms with E-state index in [1.54, 1.807) is 42.1 Å². The van der Waals surface area contributed by atoms with Gasteiger partial charge in [0.2, 0.25) is 0 Å². The molecule has 1 saturated heterocycles. The second-order valence-electron chi connectivity index (χ2n) is 12.2. The molecule has 1 amide bonds. The van der Waals surface area contributed by atoms with E-state index in [1.165, 1.54) is 12.1 Å². The highest BCUT2D eigenvalue weighted by Gasteiger charge is 2.25. The number of aromatic nitrogens is 3. The molecule has 1 N–H and O–H groups in total. The van der Waals surface area contributed by atoms with Crippen LogP contribution >= 0.6 is 0 Å². The predicted octanol–water partition coefficient (Wildman–Crippen LogP) is 6.35. The van der Waals surface area contributed by atoms with Gasteiger partial charge < -0.3 is 28.8 Å². The third kappa shape index (κ3) is 7.06. The number of para-hydroxylation sites is 2. The number of nitrogens with one attached hydrogen (secondary N) is 1. The van der Waals surface area contributed by atoms with E-state index in [1.807, 2.05) is 18.2 Å². The van der Waals surface area contributed by atoms with E-state index in [0.29, 0.717) is 45.8 Å². The van der Waals surface area contributed by atoms with Gasteiger partial charge in [-0.3, -0.25) is 19.5 Å². The molecule has 0 atom stereocenters. The Morgan fingerprint density at radius 1 is 0.980 bits per heavy atom. The zero-order valence-corrected chi connectivity index (χ0v) is 27.3. The van der Waals surface area contributed by atoms with Crippen LogP contribution in [-0.4, -0.2) is 71.9 Å². The molecule has 2 aromatic heterocycles. The molecule has 2 fully saturated rings. The maximum Gasteiger partial charge on any atom is 0.282 e. The maximum absolute atomic E-state index is 15.4. The Balaban J connectivity index is 1.06. The van der Waals surface area contributed by atoms with Crippen molar-refractivity contribution in [1.29, 1.82) is 0 Å². The number of benzene rings is 3. The quantitative estimate of drug-likeness (QED) is 0.161. The monoisotopic (exact) mass is 667 g/mol. The van der Waals surface area contributed by atoms with Gasteiger partial charge in [0.15, 0.2) is 28.8 Å². The van der Waals surface area contributed by atoms with Crippen LogP contribution in [-0.2, 0) is 4.74 Å². The van der Waals surface area contributed by atoms with Crippen molar-refractivity contribution in [3.63, 3.8) is 0 Å². The summed E-state index contributed by atoms with van der Waals surface area (Å²) in [5.41, 5.74) is 1.32. The molecule has 5 aromatic rings. The molecule has 0 radical (unpaired) electrons. The highest BCUT2D eigenvalue weighted by atomic mass is 19.1. The highest BCUT2D eigenvalue weighted by Crippen LogP contribution is 2.38. The van der Waals surface area contributed by atoms with Gasteiger partial charge >= 0.3 is 0 Å². The minimum absolute atomic E-state index is 0.00903. The summed E-state index contributed by atoms with van der Waals surface area (Å²) >= 11 is 0. The van der Waals surface area contributed by atoms with Crippen molar-refractivity contribution in [3.05, 3.63) is 88.7 Å². The average molecular weight is 668 g/mol. The molecule has 0 spiro atoms. The zero-order chi connectivity index (χ0) is 33.7. The van der Waals surface area contributed by atoms with Gasteiger partial charge in [-0.2, -0.15) is 0 Å². The first kappa shape index (κ1) is 32.5.